The van der Waals surface area contributed by atoms with E-state index in [1.165, 1.54) is 6.92 Å². The molecule has 0 aromatic heterocycles. The van der Waals surface area contributed by atoms with Gasteiger partial charge in [-0.2, -0.15) is 0 Å². The zero-order chi connectivity index (χ0) is 8.69. The Bertz CT molecular complexity index is 110. The second kappa shape index (κ2) is 6.36. The molecule has 0 aliphatic carbocycles. The van der Waals surface area contributed by atoms with Gasteiger partial charge in [0, 0.05) is 19.6 Å². The minimum atomic E-state index is -1.30. The van der Waals surface area contributed by atoms with Gasteiger partial charge in [-0.25, -0.2) is 0 Å². The summed E-state index contributed by atoms with van der Waals surface area (Å²) in [5.74, 6) is -0.235. The van der Waals surface area contributed by atoms with Gasteiger partial charge in [0.2, 0.25) is 0 Å². The fourth-order valence-electron chi connectivity index (χ4n) is 0.678. The summed E-state index contributed by atoms with van der Waals surface area (Å²) in [5.41, 5.74) is 0. The Hall–Kier alpha value is -0.353. The van der Waals surface area contributed by atoms with Crippen molar-refractivity contribution in [3.63, 3.8) is 0 Å². The minimum Gasteiger partial charge on any atom is -0.492 e. The van der Waals surface area contributed by atoms with Crippen LogP contribution < -0.4 is 0 Å². The van der Waals surface area contributed by atoms with Gasteiger partial charge in [-0.05, 0) is 6.92 Å². The second-order valence-corrected chi connectivity index (χ2v) is 3.89. The van der Waals surface area contributed by atoms with Gasteiger partial charge in [-0.1, -0.05) is 13.3 Å². The fourth-order valence-corrected chi connectivity index (χ4v) is 2.03. The molecule has 0 rings (SSSR count). The Kier molecular flexibility index (Phi) is 6.16. The van der Waals surface area contributed by atoms with E-state index in [9.17, 15) is 4.79 Å². The molecule has 0 aromatic rings. The van der Waals surface area contributed by atoms with Crippen LogP contribution in [0, 0.1) is 0 Å². The van der Waals surface area contributed by atoms with Crippen molar-refractivity contribution in [1.29, 1.82) is 0 Å². The Morgan fingerprint density at radius 3 is 2.45 bits per heavy atom. The van der Waals surface area contributed by atoms with E-state index in [4.69, 9.17) is 8.85 Å². The summed E-state index contributed by atoms with van der Waals surface area (Å²) in [7, 11) is -1.30. The molecule has 0 aromatic carbocycles. The van der Waals surface area contributed by atoms with Crippen molar-refractivity contribution in [3.8, 4) is 0 Å². The van der Waals surface area contributed by atoms with Crippen molar-refractivity contribution in [2.75, 3.05) is 6.61 Å². The molecule has 0 aliphatic rings. The molecule has 4 heteroatoms. The third-order valence-corrected chi connectivity index (χ3v) is 3.05. The normalized spacial score (nSPS) is 10.2. The van der Waals surface area contributed by atoms with E-state index in [1.54, 1.807) is 0 Å². The van der Waals surface area contributed by atoms with Gasteiger partial charge in [0.15, 0.2) is 0 Å². The van der Waals surface area contributed by atoms with Gasteiger partial charge >= 0.3 is 9.28 Å². The molecule has 0 N–H and O–H groups in total. The van der Waals surface area contributed by atoms with Gasteiger partial charge in [0.05, 0.1) is 0 Å². The molecule has 0 unspecified atom stereocenters. The Balaban J connectivity index is 3.59. The lowest BCUT2D eigenvalue weighted by atomic mass is 10.6. The first-order valence-electron chi connectivity index (χ1n) is 3.87. The van der Waals surface area contributed by atoms with Gasteiger partial charge < -0.3 is 8.85 Å². The summed E-state index contributed by atoms with van der Waals surface area (Å²) < 4.78 is 10.2. The van der Waals surface area contributed by atoms with Gasteiger partial charge in [0.25, 0.3) is 5.97 Å². The molecule has 0 amide bonds. The lowest BCUT2D eigenvalue weighted by molar-refractivity contribution is -0.133. The average Bonchev–Trinajstić information content (AvgIpc) is 1.87. The van der Waals surface area contributed by atoms with Crippen LogP contribution in [0.1, 0.15) is 27.2 Å². The molecule has 0 aliphatic heterocycles. The van der Waals surface area contributed by atoms with E-state index < -0.39 is 9.28 Å². The first kappa shape index (κ1) is 10.6. The van der Waals surface area contributed by atoms with Crippen molar-refractivity contribution in [2.45, 2.75) is 33.2 Å². The van der Waals surface area contributed by atoms with Gasteiger partial charge in [0.1, 0.15) is 0 Å². The van der Waals surface area contributed by atoms with Crippen LogP contribution in [0.25, 0.3) is 0 Å². The summed E-state index contributed by atoms with van der Waals surface area (Å²) in [6.45, 7) is 6.00. The van der Waals surface area contributed by atoms with Crippen LogP contribution in [-0.2, 0) is 13.6 Å². The molecule has 11 heavy (non-hydrogen) atoms. The summed E-state index contributed by atoms with van der Waals surface area (Å²) >= 11 is 0. The maximum absolute atomic E-state index is 10.5. The third kappa shape index (κ3) is 6.06. The predicted molar refractivity (Wildman–Crippen MR) is 44.2 cm³/mol. The topological polar surface area (TPSA) is 35.5 Å². The first-order chi connectivity index (χ1) is 5.20. The van der Waals surface area contributed by atoms with E-state index in [-0.39, 0.29) is 5.97 Å². The monoisotopic (exact) mass is 175 g/mol. The molecular formula is C7H15O3Si. The number of carbonyl (C=O) groups is 1. The zero-order valence-electron chi connectivity index (χ0n) is 7.35. The molecule has 65 valence electrons. The molecule has 0 heterocycles. The van der Waals surface area contributed by atoms with Crippen LogP contribution in [0.5, 0.6) is 0 Å². The van der Waals surface area contributed by atoms with Crippen molar-refractivity contribution in [1.82, 2.24) is 0 Å². The van der Waals surface area contributed by atoms with Crippen LogP contribution in [0.3, 0.4) is 0 Å². The number of carbonyl (C=O) groups excluding carboxylic acids is 1. The van der Waals surface area contributed by atoms with Crippen LogP contribution in [0.2, 0.25) is 6.04 Å². The maximum atomic E-state index is 10.5. The Morgan fingerprint density at radius 2 is 2.09 bits per heavy atom. The average molecular weight is 175 g/mol. The largest absolute Gasteiger partial charge is 0.492 e. The molecule has 0 saturated carbocycles. The maximum Gasteiger partial charge on any atom is 0.459 e. The second-order valence-electron chi connectivity index (χ2n) is 2.15. The van der Waals surface area contributed by atoms with Crippen molar-refractivity contribution >= 4 is 15.3 Å². The molecule has 0 fully saturated rings. The summed E-state index contributed by atoms with van der Waals surface area (Å²) in [5, 5.41) is 0. The van der Waals surface area contributed by atoms with Crippen LogP contribution in [-0.4, -0.2) is 21.9 Å². The minimum absolute atomic E-state index is 0.235. The fraction of sp³-hybridized carbons (Fsp3) is 0.857. The van der Waals surface area contributed by atoms with Crippen molar-refractivity contribution in [3.05, 3.63) is 0 Å². The Labute approximate surface area is 69.5 Å². The number of hydrogen-bond donors (Lipinski definition) is 0. The quantitative estimate of drug-likeness (QED) is 0.594. The van der Waals surface area contributed by atoms with Crippen LogP contribution in [0.4, 0.5) is 0 Å². The standard InChI is InChI=1S/C7H15O3Si/c1-4-6-11(9-5-2)10-7(3)8/h4-6H2,1-3H3. The van der Waals surface area contributed by atoms with E-state index in [0.717, 1.165) is 12.5 Å². The smallest absolute Gasteiger partial charge is 0.459 e. The first-order valence-corrected chi connectivity index (χ1v) is 5.40. The van der Waals surface area contributed by atoms with E-state index in [2.05, 4.69) is 0 Å². The zero-order valence-corrected chi connectivity index (χ0v) is 8.35. The highest BCUT2D eigenvalue weighted by molar-refractivity contribution is 6.46. The molecular weight excluding hydrogens is 160 g/mol. The van der Waals surface area contributed by atoms with Crippen LogP contribution >= 0.6 is 0 Å². The molecule has 0 spiro atoms. The Morgan fingerprint density at radius 1 is 1.45 bits per heavy atom. The molecule has 3 nitrogen and oxygen atoms in total. The van der Waals surface area contributed by atoms with Gasteiger partial charge in [-0.3, -0.25) is 4.79 Å². The predicted octanol–water partition coefficient (Wildman–Crippen LogP) is 1.48. The van der Waals surface area contributed by atoms with Crippen molar-refractivity contribution in [2.24, 2.45) is 0 Å². The number of hydrogen-bond acceptors (Lipinski definition) is 3. The van der Waals surface area contributed by atoms with E-state index >= 15 is 0 Å². The van der Waals surface area contributed by atoms with E-state index in [1.807, 2.05) is 13.8 Å². The highest BCUT2D eigenvalue weighted by Gasteiger charge is 2.16. The molecule has 0 bridgehead atoms. The lowest BCUT2D eigenvalue weighted by Gasteiger charge is -2.10. The van der Waals surface area contributed by atoms with E-state index in [0.29, 0.717) is 6.61 Å². The third-order valence-electron chi connectivity index (χ3n) is 1.02. The summed E-state index contributed by atoms with van der Waals surface area (Å²) in [6, 6.07) is 0.873. The molecule has 0 saturated heterocycles. The number of rotatable bonds is 5. The highest BCUT2D eigenvalue weighted by Crippen LogP contribution is 2.00. The molecule has 1 radical (unpaired) electrons. The van der Waals surface area contributed by atoms with Crippen LogP contribution in [0.15, 0.2) is 0 Å². The summed E-state index contributed by atoms with van der Waals surface area (Å²) in [6.07, 6.45) is 1.00. The van der Waals surface area contributed by atoms with Gasteiger partial charge in [-0.15, -0.1) is 0 Å². The highest BCUT2D eigenvalue weighted by atomic mass is 28.3. The lowest BCUT2D eigenvalue weighted by Crippen LogP contribution is -2.24. The SMILES string of the molecule is CCC[Si](OCC)OC(C)=O. The summed E-state index contributed by atoms with van der Waals surface area (Å²) in [4.78, 5) is 10.5. The van der Waals surface area contributed by atoms with Crippen molar-refractivity contribution < 1.29 is 13.6 Å². The molecule has 0 atom stereocenters.